The highest BCUT2D eigenvalue weighted by molar-refractivity contribution is 6.02. The summed E-state index contributed by atoms with van der Waals surface area (Å²) in [5.41, 5.74) is 0. The largest absolute Gasteiger partial charge is 0.274 e. The fourth-order valence-electron chi connectivity index (χ4n) is 3.97. The molecular formula is C26H45NO2. The molecule has 1 aliphatic rings. The Kier molecular flexibility index (Phi) is 16.5. The van der Waals surface area contributed by atoms with Crippen LogP contribution in [0.25, 0.3) is 0 Å². The van der Waals surface area contributed by atoms with Crippen molar-refractivity contribution in [3.8, 4) is 0 Å². The molecule has 0 aromatic carbocycles. The predicted octanol–water partition coefficient (Wildman–Crippen LogP) is 7.86. The van der Waals surface area contributed by atoms with E-state index < -0.39 is 0 Å². The molecule has 3 heteroatoms. The smallest absolute Gasteiger partial charge is 0.233 e. The van der Waals surface area contributed by atoms with Gasteiger partial charge in [0.25, 0.3) is 0 Å². The molecule has 3 nitrogen and oxygen atoms in total. The van der Waals surface area contributed by atoms with Crippen molar-refractivity contribution in [2.75, 3.05) is 0 Å². The molecule has 0 bridgehead atoms. The number of hydrogen-bond donors (Lipinski definition) is 0. The van der Waals surface area contributed by atoms with Crippen molar-refractivity contribution in [3.63, 3.8) is 0 Å². The molecule has 0 radical (unpaired) electrons. The number of nitrogens with zero attached hydrogens (tertiary/aromatic N) is 1. The summed E-state index contributed by atoms with van der Waals surface area (Å²) in [6, 6.07) is 0. The monoisotopic (exact) mass is 403 g/mol. The first kappa shape index (κ1) is 25.7. The quantitative estimate of drug-likeness (QED) is 0.118. The van der Waals surface area contributed by atoms with Gasteiger partial charge in [-0.1, -0.05) is 102 Å². The van der Waals surface area contributed by atoms with Crippen LogP contribution in [0.2, 0.25) is 0 Å². The van der Waals surface area contributed by atoms with Crippen LogP contribution in [0.4, 0.5) is 0 Å². The zero-order chi connectivity index (χ0) is 21.0. The summed E-state index contributed by atoms with van der Waals surface area (Å²) in [4.78, 5) is 24.2. The molecule has 166 valence electrons. The molecule has 0 aliphatic carbocycles. The topological polar surface area (TPSA) is 37.4 Å². The number of carbonyl (C=O) groups excluding carboxylic acids is 2. The molecule has 1 saturated heterocycles. The molecule has 1 heterocycles. The van der Waals surface area contributed by atoms with Gasteiger partial charge < -0.3 is 0 Å². The van der Waals surface area contributed by atoms with Crippen LogP contribution < -0.4 is 0 Å². The highest BCUT2D eigenvalue weighted by atomic mass is 16.2. The second kappa shape index (κ2) is 18.6. The lowest BCUT2D eigenvalue weighted by Gasteiger charge is -2.06. The first-order valence-corrected chi connectivity index (χ1v) is 12.4. The van der Waals surface area contributed by atoms with Gasteiger partial charge in [0.05, 0.1) is 0 Å². The summed E-state index contributed by atoms with van der Waals surface area (Å²) < 4.78 is 0. The van der Waals surface area contributed by atoms with Crippen LogP contribution in [0.3, 0.4) is 0 Å². The van der Waals surface area contributed by atoms with E-state index in [1.54, 1.807) is 6.20 Å². The van der Waals surface area contributed by atoms with E-state index in [2.05, 4.69) is 6.58 Å². The lowest BCUT2D eigenvalue weighted by molar-refractivity contribution is -0.135. The van der Waals surface area contributed by atoms with Crippen molar-refractivity contribution in [1.29, 1.82) is 0 Å². The minimum Gasteiger partial charge on any atom is -0.274 e. The van der Waals surface area contributed by atoms with E-state index in [1.807, 2.05) is 12.2 Å². The average molecular weight is 404 g/mol. The van der Waals surface area contributed by atoms with E-state index in [1.165, 1.54) is 108 Å². The molecule has 1 rings (SSSR count). The van der Waals surface area contributed by atoms with Gasteiger partial charge in [0, 0.05) is 19.0 Å². The summed E-state index contributed by atoms with van der Waals surface area (Å²) in [7, 11) is 0. The van der Waals surface area contributed by atoms with E-state index >= 15 is 0 Å². The first-order valence-electron chi connectivity index (χ1n) is 12.4. The number of unbranched alkanes of at least 4 members (excludes halogenated alkanes) is 17. The number of allylic oxidation sites excluding steroid dienone is 2. The van der Waals surface area contributed by atoms with Crippen LogP contribution in [0.15, 0.2) is 24.9 Å². The fraction of sp³-hybridized carbons (Fsp3) is 0.769. The Labute approximate surface area is 180 Å². The van der Waals surface area contributed by atoms with E-state index in [0.29, 0.717) is 12.8 Å². The van der Waals surface area contributed by atoms with Crippen LogP contribution in [0.5, 0.6) is 0 Å². The van der Waals surface area contributed by atoms with Crippen molar-refractivity contribution in [2.45, 2.75) is 128 Å². The molecule has 1 aliphatic heterocycles. The van der Waals surface area contributed by atoms with Gasteiger partial charge in [-0.15, -0.1) is 6.58 Å². The maximum atomic E-state index is 11.5. The standard InChI is InChI=1S/C26H45NO2/c1-2-3-4-5-6-7-8-9-10-11-12-13-14-15-16-17-18-19-20-21-24-27-25(28)22-23-26(27)29/h2,21,24H,1,3-20,22-23H2. The third-order valence-electron chi connectivity index (χ3n) is 5.87. The Hall–Kier alpha value is -1.38. The average Bonchev–Trinajstić information content (AvgIpc) is 3.04. The molecule has 1 fully saturated rings. The molecule has 0 unspecified atom stereocenters. The highest BCUT2D eigenvalue weighted by Crippen LogP contribution is 2.15. The van der Waals surface area contributed by atoms with Crippen molar-refractivity contribution < 1.29 is 9.59 Å². The minimum absolute atomic E-state index is 0.0545. The number of amides is 2. The summed E-state index contributed by atoms with van der Waals surface area (Å²) in [6.45, 7) is 3.77. The molecule has 0 atom stereocenters. The Morgan fingerprint density at radius 2 is 0.931 bits per heavy atom. The molecule has 0 spiro atoms. The van der Waals surface area contributed by atoms with Crippen molar-refractivity contribution in [2.24, 2.45) is 0 Å². The zero-order valence-corrected chi connectivity index (χ0v) is 18.8. The highest BCUT2D eigenvalue weighted by Gasteiger charge is 2.26. The molecule has 2 amide bonds. The van der Waals surface area contributed by atoms with Crippen molar-refractivity contribution in [1.82, 2.24) is 4.90 Å². The van der Waals surface area contributed by atoms with Gasteiger partial charge in [0.2, 0.25) is 11.8 Å². The maximum Gasteiger partial charge on any atom is 0.233 e. The summed E-state index contributed by atoms with van der Waals surface area (Å²) in [5, 5.41) is 0. The Morgan fingerprint density at radius 1 is 0.586 bits per heavy atom. The maximum absolute atomic E-state index is 11.5. The van der Waals surface area contributed by atoms with Gasteiger partial charge in [0.1, 0.15) is 0 Å². The van der Waals surface area contributed by atoms with Gasteiger partial charge in [0.15, 0.2) is 0 Å². The summed E-state index contributed by atoms with van der Waals surface area (Å²) in [5.74, 6) is -0.109. The lowest BCUT2D eigenvalue weighted by atomic mass is 10.0. The predicted molar refractivity (Wildman–Crippen MR) is 124 cm³/mol. The second-order valence-electron chi connectivity index (χ2n) is 8.57. The second-order valence-corrected chi connectivity index (χ2v) is 8.57. The van der Waals surface area contributed by atoms with E-state index in [-0.39, 0.29) is 11.8 Å². The fourth-order valence-corrected chi connectivity index (χ4v) is 3.97. The number of hydrogen-bond acceptors (Lipinski definition) is 2. The summed E-state index contributed by atoms with van der Waals surface area (Å²) >= 11 is 0. The van der Waals surface area contributed by atoms with Gasteiger partial charge in [-0.3, -0.25) is 14.5 Å². The van der Waals surface area contributed by atoms with Crippen LogP contribution in [0, 0.1) is 0 Å². The minimum atomic E-state index is -0.0545. The van der Waals surface area contributed by atoms with Crippen LogP contribution in [-0.4, -0.2) is 16.7 Å². The van der Waals surface area contributed by atoms with Gasteiger partial charge in [-0.25, -0.2) is 0 Å². The van der Waals surface area contributed by atoms with Gasteiger partial charge >= 0.3 is 0 Å². The zero-order valence-electron chi connectivity index (χ0n) is 18.8. The van der Waals surface area contributed by atoms with E-state index in [4.69, 9.17) is 0 Å². The Bertz CT molecular complexity index is 453. The van der Waals surface area contributed by atoms with Crippen molar-refractivity contribution in [3.05, 3.63) is 24.9 Å². The molecular weight excluding hydrogens is 358 g/mol. The van der Waals surface area contributed by atoms with E-state index in [9.17, 15) is 9.59 Å². The summed E-state index contributed by atoms with van der Waals surface area (Å²) in [6.07, 6.45) is 30.5. The first-order chi connectivity index (χ1) is 14.3. The SMILES string of the molecule is C=CCCCCCCCCCCCCCCCCCCC=CN1C(=O)CCC1=O. The van der Waals surface area contributed by atoms with E-state index in [0.717, 1.165) is 12.8 Å². The number of rotatable bonds is 20. The molecule has 29 heavy (non-hydrogen) atoms. The normalized spacial score (nSPS) is 14.4. The molecule has 0 N–H and O–H groups in total. The number of imide groups is 1. The lowest BCUT2D eigenvalue weighted by Crippen LogP contribution is -2.22. The van der Waals surface area contributed by atoms with Crippen molar-refractivity contribution >= 4 is 11.8 Å². The van der Waals surface area contributed by atoms with Crippen LogP contribution in [-0.2, 0) is 9.59 Å². The Morgan fingerprint density at radius 3 is 1.31 bits per heavy atom. The van der Waals surface area contributed by atoms with Gasteiger partial charge in [-0.05, 0) is 25.7 Å². The number of carbonyl (C=O) groups is 2. The molecule has 0 saturated carbocycles. The third-order valence-corrected chi connectivity index (χ3v) is 5.87. The van der Waals surface area contributed by atoms with Crippen LogP contribution in [0.1, 0.15) is 128 Å². The number of likely N-dealkylation sites (tertiary alicyclic amines) is 1. The Balaban J connectivity index is 1.73. The van der Waals surface area contributed by atoms with Gasteiger partial charge in [-0.2, -0.15) is 0 Å². The molecule has 0 aromatic heterocycles. The third kappa shape index (κ3) is 14.3. The molecule has 0 aromatic rings. The van der Waals surface area contributed by atoms with Crippen LogP contribution >= 0.6 is 0 Å².